The largest absolute Gasteiger partial charge is 0.444 e. The second kappa shape index (κ2) is 8.80. The number of nitrogens with one attached hydrogen (secondary N) is 2. The molecule has 0 aromatic carbocycles. The Morgan fingerprint density at radius 2 is 1.95 bits per heavy atom. The van der Waals surface area contributed by atoms with Gasteiger partial charge in [0.1, 0.15) is 11.6 Å². The van der Waals surface area contributed by atoms with Crippen molar-refractivity contribution >= 4 is 6.09 Å². The summed E-state index contributed by atoms with van der Waals surface area (Å²) in [6.07, 6.45) is 0.540. The van der Waals surface area contributed by atoms with E-state index in [-0.39, 0.29) is 12.0 Å². The van der Waals surface area contributed by atoms with Crippen LogP contribution in [-0.4, -0.2) is 30.8 Å². The zero-order valence-electron chi connectivity index (χ0n) is 13.6. The van der Waals surface area contributed by atoms with E-state index >= 15 is 0 Å². The normalized spacial score (nSPS) is 14.5. The fourth-order valence-electron chi connectivity index (χ4n) is 1.85. The molecule has 5 nitrogen and oxygen atoms in total. The number of amides is 1. The predicted octanol–water partition coefficient (Wildman–Crippen LogP) is 2.68. The number of rotatable bonds is 7. The van der Waals surface area contributed by atoms with Crippen molar-refractivity contribution in [3.05, 3.63) is 0 Å². The Balaban J connectivity index is 4.48. The molecular formula is C15H29N3O2. The highest BCUT2D eigenvalue weighted by atomic mass is 16.6. The van der Waals surface area contributed by atoms with Gasteiger partial charge in [0.15, 0.2) is 0 Å². The minimum Gasteiger partial charge on any atom is -0.444 e. The van der Waals surface area contributed by atoms with Crippen LogP contribution in [0.1, 0.15) is 48.0 Å². The van der Waals surface area contributed by atoms with Crippen LogP contribution in [0, 0.1) is 23.2 Å². The molecule has 0 heterocycles. The van der Waals surface area contributed by atoms with Gasteiger partial charge in [0.05, 0.1) is 6.07 Å². The van der Waals surface area contributed by atoms with Crippen LogP contribution in [0.5, 0.6) is 0 Å². The lowest BCUT2D eigenvalue weighted by Gasteiger charge is -2.27. The van der Waals surface area contributed by atoms with Crippen molar-refractivity contribution in [1.29, 1.82) is 5.26 Å². The molecule has 0 fully saturated rings. The number of nitrogens with zero attached hydrogens (tertiary/aromatic N) is 1. The van der Waals surface area contributed by atoms with Crippen molar-refractivity contribution in [1.82, 2.24) is 10.6 Å². The van der Waals surface area contributed by atoms with Crippen LogP contribution in [0.15, 0.2) is 0 Å². The van der Waals surface area contributed by atoms with Gasteiger partial charge in [0, 0.05) is 12.5 Å². The first-order valence-electron chi connectivity index (χ1n) is 7.31. The molecule has 0 aliphatic heterocycles. The van der Waals surface area contributed by atoms with Gasteiger partial charge in [0.25, 0.3) is 0 Å². The van der Waals surface area contributed by atoms with Crippen LogP contribution in [0.2, 0.25) is 0 Å². The fraction of sp³-hybridized carbons (Fsp3) is 0.867. The molecule has 2 N–H and O–H groups in total. The first-order valence-corrected chi connectivity index (χ1v) is 7.31. The van der Waals surface area contributed by atoms with Crippen LogP contribution in [0.3, 0.4) is 0 Å². The zero-order chi connectivity index (χ0) is 15.8. The Bertz CT molecular complexity index is 329. The summed E-state index contributed by atoms with van der Waals surface area (Å²) in [6.45, 7) is 12.9. The van der Waals surface area contributed by atoms with Gasteiger partial charge in [-0.2, -0.15) is 5.26 Å². The third-order valence-electron chi connectivity index (χ3n) is 2.92. The number of carbonyl (C=O) groups excluding carboxylic acids is 1. The molecule has 5 heteroatoms. The van der Waals surface area contributed by atoms with Gasteiger partial charge in [-0.25, -0.2) is 4.79 Å². The molecule has 0 saturated carbocycles. The molecule has 20 heavy (non-hydrogen) atoms. The third kappa shape index (κ3) is 8.00. The highest BCUT2D eigenvalue weighted by molar-refractivity contribution is 5.67. The first kappa shape index (κ1) is 18.7. The molecular weight excluding hydrogens is 254 g/mol. The number of hydrogen-bond donors (Lipinski definition) is 2. The SMILES string of the molecule is CCCNC(C#N)C(CNC(=O)OC(C)(C)C)C(C)C. The number of alkyl carbamates (subject to hydrolysis) is 1. The molecule has 0 spiro atoms. The highest BCUT2D eigenvalue weighted by Gasteiger charge is 2.25. The number of nitriles is 1. The van der Waals surface area contributed by atoms with Crippen molar-refractivity contribution in [3.8, 4) is 6.07 Å². The van der Waals surface area contributed by atoms with Crippen molar-refractivity contribution in [2.45, 2.75) is 59.6 Å². The second-order valence-corrected chi connectivity index (χ2v) is 6.35. The maximum absolute atomic E-state index is 11.7. The summed E-state index contributed by atoms with van der Waals surface area (Å²) in [5.41, 5.74) is -0.507. The van der Waals surface area contributed by atoms with Gasteiger partial charge in [-0.1, -0.05) is 20.8 Å². The average molecular weight is 283 g/mol. The first-order chi connectivity index (χ1) is 9.21. The Labute approximate surface area is 123 Å². The Morgan fingerprint density at radius 3 is 2.35 bits per heavy atom. The van der Waals surface area contributed by atoms with E-state index in [1.807, 2.05) is 20.8 Å². The van der Waals surface area contributed by atoms with E-state index in [1.54, 1.807) is 0 Å². The summed E-state index contributed by atoms with van der Waals surface area (Å²) in [7, 11) is 0. The molecule has 0 aromatic rings. The summed E-state index contributed by atoms with van der Waals surface area (Å²) in [4.78, 5) is 11.7. The van der Waals surface area contributed by atoms with Gasteiger partial charge < -0.3 is 15.4 Å². The third-order valence-corrected chi connectivity index (χ3v) is 2.92. The summed E-state index contributed by atoms with van der Waals surface area (Å²) < 4.78 is 5.21. The van der Waals surface area contributed by atoms with Crippen LogP contribution >= 0.6 is 0 Å². The molecule has 0 radical (unpaired) electrons. The molecule has 0 bridgehead atoms. The summed E-state index contributed by atoms with van der Waals surface area (Å²) >= 11 is 0. The van der Waals surface area contributed by atoms with Crippen LogP contribution in [-0.2, 0) is 4.74 Å². The van der Waals surface area contributed by atoms with Gasteiger partial charge in [-0.3, -0.25) is 0 Å². The van der Waals surface area contributed by atoms with E-state index in [9.17, 15) is 10.1 Å². The number of ether oxygens (including phenoxy) is 1. The zero-order valence-corrected chi connectivity index (χ0v) is 13.6. The van der Waals surface area contributed by atoms with E-state index in [2.05, 4.69) is 37.5 Å². The second-order valence-electron chi connectivity index (χ2n) is 6.35. The highest BCUT2D eigenvalue weighted by Crippen LogP contribution is 2.15. The Hall–Kier alpha value is -1.28. The van der Waals surface area contributed by atoms with Crippen LogP contribution in [0.4, 0.5) is 4.79 Å². The molecule has 0 aliphatic rings. The van der Waals surface area contributed by atoms with Crippen molar-refractivity contribution in [2.75, 3.05) is 13.1 Å². The van der Waals surface area contributed by atoms with Gasteiger partial charge in [-0.05, 0) is 39.7 Å². The lowest BCUT2D eigenvalue weighted by atomic mass is 9.89. The van der Waals surface area contributed by atoms with E-state index in [0.29, 0.717) is 12.5 Å². The van der Waals surface area contributed by atoms with Crippen molar-refractivity contribution in [2.24, 2.45) is 11.8 Å². The molecule has 0 rings (SSSR count). The standard InChI is InChI=1S/C15H29N3O2/c1-7-8-17-13(9-16)12(11(2)3)10-18-14(19)20-15(4,5)6/h11-13,17H,7-8,10H2,1-6H3,(H,18,19). The molecule has 116 valence electrons. The van der Waals surface area contributed by atoms with Crippen LogP contribution in [0.25, 0.3) is 0 Å². The molecule has 0 saturated heterocycles. The average Bonchev–Trinajstić information content (AvgIpc) is 2.30. The summed E-state index contributed by atoms with van der Waals surface area (Å²) in [5, 5.41) is 15.2. The summed E-state index contributed by atoms with van der Waals surface area (Å²) in [5.74, 6) is 0.345. The van der Waals surface area contributed by atoms with E-state index in [4.69, 9.17) is 4.74 Å². The molecule has 2 unspecified atom stereocenters. The van der Waals surface area contributed by atoms with E-state index in [0.717, 1.165) is 13.0 Å². The predicted molar refractivity (Wildman–Crippen MR) is 80.3 cm³/mol. The quantitative estimate of drug-likeness (QED) is 0.753. The molecule has 2 atom stereocenters. The molecule has 1 amide bonds. The lowest BCUT2D eigenvalue weighted by Crippen LogP contribution is -2.45. The Kier molecular flexibility index (Phi) is 8.24. The van der Waals surface area contributed by atoms with Crippen molar-refractivity contribution < 1.29 is 9.53 Å². The lowest BCUT2D eigenvalue weighted by molar-refractivity contribution is 0.0512. The topological polar surface area (TPSA) is 74.2 Å². The smallest absolute Gasteiger partial charge is 0.407 e. The van der Waals surface area contributed by atoms with Gasteiger partial charge in [0.2, 0.25) is 0 Å². The summed E-state index contributed by atoms with van der Waals surface area (Å²) in [6, 6.07) is 2.03. The maximum atomic E-state index is 11.7. The van der Waals surface area contributed by atoms with E-state index in [1.165, 1.54) is 0 Å². The van der Waals surface area contributed by atoms with Gasteiger partial charge >= 0.3 is 6.09 Å². The maximum Gasteiger partial charge on any atom is 0.407 e. The number of carbonyl (C=O) groups is 1. The van der Waals surface area contributed by atoms with E-state index < -0.39 is 11.7 Å². The minimum absolute atomic E-state index is 0.0547. The Morgan fingerprint density at radius 1 is 1.35 bits per heavy atom. The molecule has 0 aromatic heterocycles. The number of hydrogen-bond acceptors (Lipinski definition) is 4. The minimum atomic E-state index is -0.507. The van der Waals surface area contributed by atoms with Crippen molar-refractivity contribution in [3.63, 3.8) is 0 Å². The monoisotopic (exact) mass is 283 g/mol. The van der Waals surface area contributed by atoms with Crippen LogP contribution < -0.4 is 10.6 Å². The van der Waals surface area contributed by atoms with Gasteiger partial charge in [-0.15, -0.1) is 0 Å². The molecule has 0 aliphatic carbocycles. The fourth-order valence-corrected chi connectivity index (χ4v) is 1.85.